The molecule has 152 valence electrons. The van der Waals surface area contributed by atoms with E-state index in [0.717, 1.165) is 36.7 Å². The van der Waals surface area contributed by atoms with Gasteiger partial charge in [0.1, 0.15) is 13.2 Å². The summed E-state index contributed by atoms with van der Waals surface area (Å²) >= 11 is 1.68. The number of thiophene rings is 1. The predicted octanol–water partition coefficient (Wildman–Crippen LogP) is 4.25. The maximum Gasteiger partial charge on any atom is 0.227 e. The van der Waals surface area contributed by atoms with E-state index in [1.54, 1.807) is 11.3 Å². The molecule has 0 radical (unpaired) electrons. The number of carbonyl (C=O) groups excluding carboxylic acids is 1. The number of hydrogen-bond acceptors (Lipinski definition) is 5. The van der Waals surface area contributed by atoms with E-state index in [1.165, 1.54) is 17.7 Å². The highest BCUT2D eigenvalue weighted by Gasteiger charge is 2.22. The van der Waals surface area contributed by atoms with E-state index in [0.29, 0.717) is 32.1 Å². The summed E-state index contributed by atoms with van der Waals surface area (Å²) in [6.45, 7) is 3.85. The van der Waals surface area contributed by atoms with Crippen LogP contribution in [0, 0.1) is 5.92 Å². The minimum absolute atomic E-state index is 0. The van der Waals surface area contributed by atoms with Crippen molar-refractivity contribution in [1.82, 2.24) is 5.32 Å². The molecule has 1 fully saturated rings. The van der Waals surface area contributed by atoms with Gasteiger partial charge >= 0.3 is 0 Å². The van der Waals surface area contributed by atoms with Gasteiger partial charge in [-0.3, -0.25) is 4.79 Å². The van der Waals surface area contributed by atoms with E-state index >= 15 is 0 Å². The lowest BCUT2D eigenvalue weighted by atomic mass is 9.93. The summed E-state index contributed by atoms with van der Waals surface area (Å²) in [6, 6.07) is 9.91. The third kappa shape index (κ3) is 5.19. The molecular weight excluding hydrogens is 396 g/mol. The van der Waals surface area contributed by atoms with Crippen molar-refractivity contribution >= 4 is 35.3 Å². The number of piperidine rings is 1. The van der Waals surface area contributed by atoms with Crippen LogP contribution in [0.1, 0.15) is 30.6 Å². The van der Waals surface area contributed by atoms with Crippen LogP contribution in [0.25, 0.3) is 0 Å². The number of anilines is 1. The smallest absolute Gasteiger partial charge is 0.227 e. The normalized spacial score (nSPS) is 16.3. The Morgan fingerprint density at radius 3 is 2.68 bits per heavy atom. The lowest BCUT2D eigenvalue weighted by Crippen LogP contribution is -2.32. The molecule has 28 heavy (non-hydrogen) atoms. The number of nitrogens with one attached hydrogen (secondary N) is 1. The maximum atomic E-state index is 13.1. The summed E-state index contributed by atoms with van der Waals surface area (Å²) < 4.78 is 11.3. The van der Waals surface area contributed by atoms with Gasteiger partial charge in [-0.1, -0.05) is 6.07 Å². The Kier molecular flexibility index (Phi) is 7.59. The van der Waals surface area contributed by atoms with Crippen molar-refractivity contribution in [2.24, 2.45) is 5.92 Å². The average molecular weight is 423 g/mol. The topological polar surface area (TPSA) is 50.8 Å². The van der Waals surface area contributed by atoms with Gasteiger partial charge in [0.05, 0.1) is 6.54 Å². The van der Waals surface area contributed by atoms with Crippen LogP contribution in [0.15, 0.2) is 35.7 Å². The van der Waals surface area contributed by atoms with Gasteiger partial charge in [0.2, 0.25) is 5.91 Å². The number of fused-ring (bicyclic) bond motifs is 1. The molecule has 1 saturated heterocycles. The van der Waals surface area contributed by atoms with Crippen LogP contribution in [0.5, 0.6) is 11.5 Å². The quantitative estimate of drug-likeness (QED) is 0.755. The molecule has 1 amide bonds. The van der Waals surface area contributed by atoms with Crippen LogP contribution in [0.2, 0.25) is 0 Å². The summed E-state index contributed by atoms with van der Waals surface area (Å²) in [6.07, 6.45) is 3.89. The Balaban J connectivity index is 0.00000225. The minimum atomic E-state index is 0. The first-order valence-electron chi connectivity index (χ1n) is 9.73. The highest BCUT2D eigenvalue weighted by atomic mass is 35.5. The Morgan fingerprint density at radius 2 is 1.93 bits per heavy atom. The van der Waals surface area contributed by atoms with Crippen molar-refractivity contribution in [2.75, 3.05) is 31.2 Å². The molecule has 2 aliphatic rings. The molecular formula is C21H27ClN2O3S. The lowest BCUT2D eigenvalue weighted by Gasteiger charge is -2.27. The third-order valence-electron chi connectivity index (χ3n) is 5.26. The number of rotatable bonds is 6. The lowest BCUT2D eigenvalue weighted by molar-refractivity contribution is -0.119. The minimum Gasteiger partial charge on any atom is -0.486 e. The van der Waals surface area contributed by atoms with E-state index in [-0.39, 0.29) is 18.3 Å². The zero-order valence-electron chi connectivity index (χ0n) is 15.9. The maximum absolute atomic E-state index is 13.1. The number of hydrogen-bond donors (Lipinski definition) is 1. The van der Waals surface area contributed by atoms with E-state index in [9.17, 15) is 4.79 Å². The van der Waals surface area contributed by atoms with Gasteiger partial charge in [0, 0.05) is 23.1 Å². The van der Waals surface area contributed by atoms with Crippen molar-refractivity contribution in [2.45, 2.75) is 32.2 Å². The number of halogens is 1. The molecule has 2 aliphatic heterocycles. The van der Waals surface area contributed by atoms with Gasteiger partial charge in [-0.25, -0.2) is 0 Å². The standard InChI is InChI=1S/C21H26N2O3S.ClH/c24-21(6-3-16-7-9-22-10-8-16)23(15-18-2-1-13-27-18)17-4-5-19-20(14-17)26-12-11-25-19;/h1-2,4-5,13-14,16,22H,3,6-12,15H2;1H. The molecule has 0 atom stereocenters. The van der Waals surface area contributed by atoms with Gasteiger partial charge in [-0.15, -0.1) is 23.7 Å². The highest BCUT2D eigenvalue weighted by Crippen LogP contribution is 2.35. The Hall–Kier alpha value is -1.76. The highest BCUT2D eigenvalue weighted by molar-refractivity contribution is 7.09. The predicted molar refractivity (Wildman–Crippen MR) is 115 cm³/mol. The van der Waals surface area contributed by atoms with Gasteiger partial charge < -0.3 is 19.7 Å². The number of ether oxygens (including phenoxy) is 2. The third-order valence-corrected chi connectivity index (χ3v) is 6.12. The molecule has 0 spiro atoms. The second kappa shape index (κ2) is 10.1. The van der Waals surface area contributed by atoms with Crippen LogP contribution in [-0.2, 0) is 11.3 Å². The molecule has 7 heteroatoms. The Bertz CT molecular complexity index is 763. The number of nitrogens with zero attached hydrogens (tertiary/aromatic N) is 1. The van der Waals surface area contributed by atoms with Crippen LogP contribution < -0.4 is 19.7 Å². The molecule has 1 N–H and O–H groups in total. The molecule has 1 aromatic heterocycles. The first-order valence-corrected chi connectivity index (χ1v) is 10.6. The molecule has 2 aromatic rings. The van der Waals surface area contributed by atoms with Crippen molar-refractivity contribution in [3.63, 3.8) is 0 Å². The fraction of sp³-hybridized carbons (Fsp3) is 0.476. The van der Waals surface area contributed by atoms with Crippen LogP contribution in [0.3, 0.4) is 0 Å². The van der Waals surface area contributed by atoms with Crippen molar-refractivity contribution in [1.29, 1.82) is 0 Å². The summed E-state index contributed by atoms with van der Waals surface area (Å²) in [5.74, 6) is 2.31. The zero-order valence-corrected chi connectivity index (χ0v) is 17.5. The summed E-state index contributed by atoms with van der Waals surface area (Å²) in [4.78, 5) is 16.2. The van der Waals surface area contributed by atoms with Gasteiger partial charge in [0.15, 0.2) is 11.5 Å². The van der Waals surface area contributed by atoms with E-state index in [1.807, 2.05) is 29.2 Å². The van der Waals surface area contributed by atoms with E-state index in [2.05, 4.69) is 16.8 Å². The molecule has 0 saturated carbocycles. The van der Waals surface area contributed by atoms with Crippen LogP contribution in [0.4, 0.5) is 5.69 Å². The Morgan fingerprint density at radius 1 is 1.14 bits per heavy atom. The zero-order chi connectivity index (χ0) is 18.5. The van der Waals surface area contributed by atoms with E-state index in [4.69, 9.17) is 9.47 Å². The van der Waals surface area contributed by atoms with Gasteiger partial charge in [0.25, 0.3) is 0 Å². The number of carbonyl (C=O) groups is 1. The fourth-order valence-corrected chi connectivity index (χ4v) is 4.41. The van der Waals surface area contributed by atoms with E-state index < -0.39 is 0 Å². The molecule has 3 heterocycles. The number of amides is 1. The summed E-state index contributed by atoms with van der Waals surface area (Å²) in [5, 5.41) is 5.44. The first kappa shape index (κ1) is 21.0. The summed E-state index contributed by atoms with van der Waals surface area (Å²) in [5.41, 5.74) is 0.878. The van der Waals surface area contributed by atoms with Crippen LogP contribution >= 0.6 is 23.7 Å². The average Bonchev–Trinajstić information content (AvgIpc) is 3.24. The van der Waals surface area contributed by atoms with Crippen molar-refractivity contribution < 1.29 is 14.3 Å². The van der Waals surface area contributed by atoms with Gasteiger partial charge in [-0.2, -0.15) is 0 Å². The summed E-state index contributed by atoms with van der Waals surface area (Å²) in [7, 11) is 0. The molecule has 5 nitrogen and oxygen atoms in total. The molecule has 0 unspecified atom stereocenters. The van der Waals surface area contributed by atoms with Crippen LogP contribution in [-0.4, -0.2) is 32.2 Å². The number of benzene rings is 1. The van der Waals surface area contributed by atoms with Crippen molar-refractivity contribution in [3.05, 3.63) is 40.6 Å². The van der Waals surface area contributed by atoms with Crippen molar-refractivity contribution in [3.8, 4) is 11.5 Å². The second-order valence-electron chi connectivity index (χ2n) is 7.12. The second-order valence-corrected chi connectivity index (χ2v) is 8.15. The Labute approximate surface area is 176 Å². The molecule has 1 aromatic carbocycles. The van der Waals surface area contributed by atoms with Gasteiger partial charge in [-0.05, 0) is 61.8 Å². The molecule has 4 rings (SSSR count). The SMILES string of the molecule is Cl.O=C(CCC1CCNCC1)N(Cc1cccs1)c1ccc2c(c1)OCCO2. The molecule has 0 aliphatic carbocycles. The fourth-order valence-electron chi connectivity index (χ4n) is 3.71. The first-order chi connectivity index (χ1) is 13.3. The monoisotopic (exact) mass is 422 g/mol. The molecule has 0 bridgehead atoms. The largest absolute Gasteiger partial charge is 0.486 e.